The lowest BCUT2D eigenvalue weighted by Crippen LogP contribution is -1.94. The van der Waals surface area contributed by atoms with Gasteiger partial charge < -0.3 is 4.74 Å². The van der Waals surface area contributed by atoms with E-state index < -0.39 is 0 Å². The SMILES string of the molecule is COc1cc(/C=C/CC(C)C)ccc1C(C)C. The monoisotopic (exact) mass is 232 g/mol. The van der Waals surface area contributed by atoms with Gasteiger partial charge in [-0.1, -0.05) is 52.0 Å². The van der Waals surface area contributed by atoms with E-state index in [1.165, 1.54) is 11.1 Å². The number of hydrogen-bond acceptors (Lipinski definition) is 1. The minimum absolute atomic E-state index is 0.499. The summed E-state index contributed by atoms with van der Waals surface area (Å²) in [5.74, 6) is 2.20. The Labute approximate surface area is 106 Å². The summed E-state index contributed by atoms with van der Waals surface area (Å²) in [6, 6.07) is 6.44. The molecule has 0 spiro atoms. The van der Waals surface area contributed by atoms with E-state index in [1.54, 1.807) is 7.11 Å². The fourth-order valence-corrected chi connectivity index (χ4v) is 1.78. The maximum Gasteiger partial charge on any atom is 0.122 e. The Morgan fingerprint density at radius 2 is 1.88 bits per heavy atom. The van der Waals surface area contributed by atoms with Crippen molar-refractivity contribution in [3.05, 3.63) is 35.4 Å². The van der Waals surface area contributed by atoms with Crippen LogP contribution in [0.4, 0.5) is 0 Å². The minimum atomic E-state index is 0.499. The summed E-state index contributed by atoms with van der Waals surface area (Å²) in [6.07, 6.45) is 5.52. The van der Waals surface area contributed by atoms with Gasteiger partial charge in [-0.25, -0.2) is 0 Å². The normalized spacial score (nSPS) is 11.7. The zero-order valence-corrected chi connectivity index (χ0v) is 11.7. The zero-order valence-electron chi connectivity index (χ0n) is 11.7. The molecule has 0 atom stereocenters. The molecule has 0 amide bonds. The average molecular weight is 232 g/mol. The van der Waals surface area contributed by atoms with Crippen molar-refractivity contribution in [3.63, 3.8) is 0 Å². The lowest BCUT2D eigenvalue weighted by Gasteiger charge is -2.12. The van der Waals surface area contributed by atoms with Crippen LogP contribution >= 0.6 is 0 Å². The van der Waals surface area contributed by atoms with Gasteiger partial charge in [0.2, 0.25) is 0 Å². The summed E-state index contributed by atoms with van der Waals surface area (Å²) in [5, 5.41) is 0. The van der Waals surface area contributed by atoms with Gasteiger partial charge in [-0.05, 0) is 35.4 Å². The highest BCUT2D eigenvalue weighted by Crippen LogP contribution is 2.27. The molecule has 1 aromatic carbocycles. The minimum Gasteiger partial charge on any atom is -0.496 e. The molecule has 1 heteroatoms. The smallest absolute Gasteiger partial charge is 0.122 e. The van der Waals surface area contributed by atoms with E-state index in [9.17, 15) is 0 Å². The van der Waals surface area contributed by atoms with Crippen molar-refractivity contribution in [2.45, 2.75) is 40.0 Å². The number of benzene rings is 1. The molecular formula is C16H24O. The van der Waals surface area contributed by atoms with Gasteiger partial charge in [0.15, 0.2) is 0 Å². The van der Waals surface area contributed by atoms with Crippen molar-refractivity contribution in [2.75, 3.05) is 7.11 Å². The molecule has 0 saturated heterocycles. The Kier molecular flexibility index (Phi) is 5.27. The lowest BCUT2D eigenvalue weighted by atomic mass is 10.00. The van der Waals surface area contributed by atoms with Gasteiger partial charge in [-0.15, -0.1) is 0 Å². The number of ether oxygens (including phenoxy) is 1. The molecule has 0 saturated carbocycles. The predicted molar refractivity (Wildman–Crippen MR) is 75.6 cm³/mol. The van der Waals surface area contributed by atoms with E-state index in [1.807, 2.05) is 0 Å². The second-order valence-corrected chi connectivity index (χ2v) is 5.19. The van der Waals surface area contributed by atoms with Gasteiger partial charge in [0.05, 0.1) is 7.11 Å². The fraction of sp³-hybridized carbons (Fsp3) is 0.500. The molecule has 0 unspecified atom stereocenters. The van der Waals surface area contributed by atoms with Gasteiger partial charge in [-0.3, -0.25) is 0 Å². The molecule has 0 heterocycles. The summed E-state index contributed by atoms with van der Waals surface area (Å²) in [5.41, 5.74) is 2.49. The van der Waals surface area contributed by atoms with Crippen molar-refractivity contribution >= 4 is 6.08 Å². The summed E-state index contributed by atoms with van der Waals surface area (Å²) >= 11 is 0. The highest BCUT2D eigenvalue weighted by atomic mass is 16.5. The first-order valence-corrected chi connectivity index (χ1v) is 6.39. The molecule has 0 radical (unpaired) electrons. The van der Waals surface area contributed by atoms with Gasteiger partial charge in [0.25, 0.3) is 0 Å². The van der Waals surface area contributed by atoms with Crippen LogP contribution in [0.5, 0.6) is 5.75 Å². The van der Waals surface area contributed by atoms with Gasteiger partial charge >= 0.3 is 0 Å². The molecule has 0 bridgehead atoms. The van der Waals surface area contributed by atoms with Crippen LogP contribution in [-0.4, -0.2) is 7.11 Å². The molecule has 0 aliphatic heterocycles. The second kappa shape index (κ2) is 6.48. The Hall–Kier alpha value is -1.24. The summed E-state index contributed by atoms with van der Waals surface area (Å²) in [6.45, 7) is 8.83. The zero-order chi connectivity index (χ0) is 12.8. The van der Waals surface area contributed by atoms with Gasteiger partial charge in [0.1, 0.15) is 5.75 Å². The van der Waals surface area contributed by atoms with Crippen LogP contribution in [0.3, 0.4) is 0 Å². The van der Waals surface area contributed by atoms with E-state index in [0.29, 0.717) is 11.8 Å². The number of methoxy groups -OCH3 is 1. The molecule has 0 fully saturated rings. The molecule has 17 heavy (non-hydrogen) atoms. The molecule has 0 N–H and O–H groups in total. The van der Waals surface area contributed by atoms with Crippen molar-refractivity contribution in [1.29, 1.82) is 0 Å². The van der Waals surface area contributed by atoms with Crippen LogP contribution in [-0.2, 0) is 0 Å². The molecule has 1 rings (SSSR count). The van der Waals surface area contributed by atoms with Gasteiger partial charge in [-0.2, -0.15) is 0 Å². The fourth-order valence-electron chi connectivity index (χ4n) is 1.78. The van der Waals surface area contributed by atoms with Crippen LogP contribution < -0.4 is 4.74 Å². The maximum atomic E-state index is 5.44. The molecular weight excluding hydrogens is 208 g/mol. The van der Waals surface area contributed by atoms with E-state index >= 15 is 0 Å². The van der Waals surface area contributed by atoms with E-state index in [-0.39, 0.29) is 0 Å². The van der Waals surface area contributed by atoms with Gasteiger partial charge in [0, 0.05) is 0 Å². The molecule has 0 aliphatic rings. The third-order valence-corrected chi connectivity index (χ3v) is 2.80. The molecule has 1 nitrogen and oxygen atoms in total. The van der Waals surface area contributed by atoms with Crippen LogP contribution in [0, 0.1) is 5.92 Å². The second-order valence-electron chi connectivity index (χ2n) is 5.19. The number of hydrogen-bond donors (Lipinski definition) is 0. The largest absolute Gasteiger partial charge is 0.496 e. The van der Waals surface area contributed by atoms with Crippen molar-refractivity contribution < 1.29 is 4.74 Å². The van der Waals surface area contributed by atoms with Crippen molar-refractivity contribution in [3.8, 4) is 5.75 Å². The molecule has 94 valence electrons. The van der Waals surface area contributed by atoms with Crippen LogP contribution in [0.1, 0.15) is 51.2 Å². The summed E-state index contributed by atoms with van der Waals surface area (Å²) in [7, 11) is 1.74. The first kappa shape index (κ1) is 13.8. The Balaban J connectivity index is 2.86. The van der Waals surface area contributed by atoms with E-state index in [4.69, 9.17) is 4.74 Å². The lowest BCUT2D eigenvalue weighted by molar-refractivity contribution is 0.407. The quantitative estimate of drug-likeness (QED) is 0.703. The summed E-state index contributed by atoms with van der Waals surface area (Å²) < 4.78 is 5.44. The Morgan fingerprint density at radius 3 is 2.41 bits per heavy atom. The summed E-state index contributed by atoms with van der Waals surface area (Å²) in [4.78, 5) is 0. The van der Waals surface area contributed by atoms with Crippen LogP contribution in [0.15, 0.2) is 24.3 Å². The first-order chi connectivity index (χ1) is 8.04. The maximum absolute atomic E-state index is 5.44. The highest BCUT2D eigenvalue weighted by Gasteiger charge is 2.06. The van der Waals surface area contributed by atoms with E-state index in [2.05, 4.69) is 58.0 Å². The Morgan fingerprint density at radius 1 is 1.18 bits per heavy atom. The standard InChI is InChI=1S/C16H24O/c1-12(2)7-6-8-14-9-10-15(13(3)4)16(11-14)17-5/h6,8-13H,7H2,1-5H3/b8-6+. The van der Waals surface area contributed by atoms with E-state index in [0.717, 1.165) is 12.2 Å². The van der Waals surface area contributed by atoms with Crippen LogP contribution in [0.25, 0.3) is 6.08 Å². The topological polar surface area (TPSA) is 9.23 Å². The number of rotatable bonds is 5. The average Bonchev–Trinajstić information content (AvgIpc) is 2.28. The predicted octanol–water partition coefficient (Wildman–Crippen LogP) is 4.88. The molecule has 0 aliphatic carbocycles. The molecule has 1 aromatic rings. The highest BCUT2D eigenvalue weighted by molar-refractivity contribution is 5.54. The number of allylic oxidation sites excluding steroid dienone is 1. The Bertz CT molecular complexity index is 375. The first-order valence-electron chi connectivity index (χ1n) is 6.39. The molecule has 0 aromatic heterocycles. The van der Waals surface area contributed by atoms with Crippen molar-refractivity contribution in [1.82, 2.24) is 0 Å². The third-order valence-electron chi connectivity index (χ3n) is 2.80. The van der Waals surface area contributed by atoms with Crippen molar-refractivity contribution in [2.24, 2.45) is 5.92 Å². The third kappa shape index (κ3) is 4.26. The van der Waals surface area contributed by atoms with Crippen LogP contribution in [0.2, 0.25) is 0 Å².